The number of carbonyl (C=O) groups excluding carboxylic acids is 2. The lowest BCUT2D eigenvalue weighted by Gasteiger charge is -2.12. The SMILES string of the molecule is CCCOC(=O)c1sc(C(=O)N2CCCC2)nc1C. The van der Waals surface area contributed by atoms with E-state index >= 15 is 0 Å². The van der Waals surface area contributed by atoms with Crippen LogP contribution in [-0.4, -0.2) is 41.5 Å². The van der Waals surface area contributed by atoms with E-state index < -0.39 is 0 Å². The van der Waals surface area contributed by atoms with E-state index in [4.69, 9.17) is 4.74 Å². The number of likely N-dealkylation sites (tertiary alicyclic amines) is 1. The molecule has 0 saturated carbocycles. The highest BCUT2D eigenvalue weighted by Crippen LogP contribution is 2.22. The zero-order valence-corrected chi connectivity index (χ0v) is 12.1. The molecule has 0 unspecified atom stereocenters. The maximum Gasteiger partial charge on any atom is 0.350 e. The van der Waals surface area contributed by atoms with Crippen molar-refractivity contribution in [3.63, 3.8) is 0 Å². The lowest BCUT2D eigenvalue weighted by molar-refractivity contribution is 0.0509. The Bertz CT molecular complexity index is 478. The Hall–Kier alpha value is -1.43. The second-order valence-corrected chi connectivity index (χ2v) is 5.57. The first kappa shape index (κ1) is 14.0. The van der Waals surface area contributed by atoms with Crippen molar-refractivity contribution in [1.82, 2.24) is 9.88 Å². The fourth-order valence-corrected chi connectivity index (χ4v) is 2.92. The van der Waals surface area contributed by atoms with E-state index in [2.05, 4.69) is 4.98 Å². The monoisotopic (exact) mass is 282 g/mol. The van der Waals surface area contributed by atoms with Crippen molar-refractivity contribution >= 4 is 23.2 Å². The van der Waals surface area contributed by atoms with Crippen molar-refractivity contribution in [1.29, 1.82) is 0 Å². The molecule has 0 spiro atoms. The number of aryl methyl sites for hydroxylation is 1. The third kappa shape index (κ3) is 3.12. The van der Waals surface area contributed by atoms with Crippen LogP contribution in [0, 0.1) is 6.92 Å². The van der Waals surface area contributed by atoms with Crippen LogP contribution in [0.15, 0.2) is 0 Å². The van der Waals surface area contributed by atoms with Crippen LogP contribution < -0.4 is 0 Å². The molecule has 0 atom stereocenters. The molecule has 0 radical (unpaired) electrons. The second-order valence-electron chi connectivity index (χ2n) is 4.57. The molecule has 0 aliphatic carbocycles. The van der Waals surface area contributed by atoms with Crippen LogP contribution in [0.4, 0.5) is 0 Å². The fourth-order valence-electron chi connectivity index (χ4n) is 1.99. The van der Waals surface area contributed by atoms with Crippen LogP contribution >= 0.6 is 11.3 Å². The van der Waals surface area contributed by atoms with E-state index in [1.54, 1.807) is 11.8 Å². The van der Waals surface area contributed by atoms with E-state index in [0.717, 1.165) is 43.7 Å². The minimum Gasteiger partial charge on any atom is -0.461 e. The Kier molecular flexibility index (Phi) is 4.52. The normalized spacial score (nSPS) is 14.7. The summed E-state index contributed by atoms with van der Waals surface area (Å²) in [5.41, 5.74) is 0.577. The van der Waals surface area contributed by atoms with E-state index in [-0.39, 0.29) is 11.9 Å². The van der Waals surface area contributed by atoms with Crippen molar-refractivity contribution in [3.05, 3.63) is 15.6 Å². The molecule has 0 aromatic carbocycles. The van der Waals surface area contributed by atoms with Gasteiger partial charge in [0.1, 0.15) is 4.88 Å². The van der Waals surface area contributed by atoms with E-state index in [0.29, 0.717) is 22.2 Å². The number of rotatable bonds is 4. The number of aromatic nitrogens is 1. The van der Waals surface area contributed by atoms with Gasteiger partial charge in [-0.2, -0.15) is 0 Å². The van der Waals surface area contributed by atoms with Gasteiger partial charge in [0.2, 0.25) is 0 Å². The topological polar surface area (TPSA) is 59.5 Å². The highest BCUT2D eigenvalue weighted by molar-refractivity contribution is 7.15. The third-order valence-corrected chi connectivity index (χ3v) is 4.12. The largest absolute Gasteiger partial charge is 0.461 e. The highest BCUT2D eigenvalue weighted by Gasteiger charge is 2.25. The summed E-state index contributed by atoms with van der Waals surface area (Å²) in [6.07, 6.45) is 2.87. The van der Waals surface area contributed by atoms with Gasteiger partial charge in [-0.1, -0.05) is 6.92 Å². The molecule has 6 heteroatoms. The molecule has 1 aromatic rings. The minimum absolute atomic E-state index is 0.0693. The summed E-state index contributed by atoms with van der Waals surface area (Å²) < 4.78 is 5.08. The maximum absolute atomic E-state index is 12.2. The van der Waals surface area contributed by atoms with Crippen molar-refractivity contribution in [3.8, 4) is 0 Å². The molecule has 1 fully saturated rings. The zero-order valence-electron chi connectivity index (χ0n) is 11.3. The quantitative estimate of drug-likeness (QED) is 0.795. The van der Waals surface area contributed by atoms with Crippen LogP contribution in [0.25, 0.3) is 0 Å². The zero-order chi connectivity index (χ0) is 13.8. The van der Waals surface area contributed by atoms with Gasteiger partial charge in [0.15, 0.2) is 5.01 Å². The van der Waals surface area contributed by atoms with E-state index in [1.165, 1.54) is 0 Å². The minimum atomic E-state index is -0.377. The van der Waals surface area contributed by atoms with E-state index in [9.17, 15) is 9.59 Å². The Labute approximate surface area is 116 Å². The summed E-state index contributed by atoms with van der Waals surface area (Å²) in [5, 5.41) is 0.392. The molecule has 19 heavy (non-hydrogen) atoms. The molecule has 1 aliphatic rings. The number of hydrogen-bond acceptors (Lipinski definition) is 5. The number of carbonyl (C=O) groups is 2. The molecule has 104 valence electrons. The Balaban J connectivity index is 2.11. The van der Waals surface area contributed by atoms with Crippen LogP contribution in [-0.2, 0) is 4.74 Å². The molecule has 2 rings (SSSR count). The van der Waals surface area contributed by atoms with Crippen LogP contribution in [0.5, 0.6) is 0 Å². The number of amides is 1. The lowest BCUT2D eigenvalue weighted by atomic mass is 10.4. The summed E-state index contributed by atoms with van der Waals surface area (Å²) in [5.74, 6) is -0.447. The summed E-state index contributed by atoms with van der Waals surface area (Å²) in [7, 11) is 0. The van der Waals surface area contributed by atoms with Gasteiger partial charge in [-0.15, -0.1) is 11.3 Å². The molecular formula is C13H18N2O3S. The van der Waals surface area contributed by atoms with Gasteiger partial charge in [0.25, 0.3) is 5.91 Å². The Morgan fingerprint density at radius 2 is 2.05 bits per heavy atom. The van der Waals surface area contributed by atoms with Gasteiger partial charge in [-0.05, 0) is 26.2 Å². The molecule has 1 aromatic heterocycles. The predicted octanol–water partition coefficient (Wildman–Crippen LogP) is 2.25. The standard InChI is InChI=1S/C13H18N2O3S/c1-3-8-18-13(17)10-9(2)14-11(19-10)12(16)15-6-4-5-7-15/h3-8H2,1-2H3. The smallest absolute Gasteiger partial charge is 0.350 e. The van der Waals surface area contributed by atoms with Crippen LogP contribution in [0.2, 0.25) is 0 Å². The van der Waals surface area contributed by atoms with Crippen molar-refractivity contribution in [2.45, 2.75) is 33.1 Å². The maximum atomic E-state index is 12.2. The average Bonchev–Trinajstić information content (AvgIpc) is 3.04. The number of ether oxygens (including phenoxy) is 1. The molecule has 5 nitrogen and oxygen atoms in total. The van der Waals surface area contributed by atoms with Crippen molar-refractivity contribution < 1.29 is 14.3 Å². The molecular weight excluding hydrogens is 264 g/mol. The molecule has 1 aliphatic heterocycles. The Morgan fingerprint density at radius 3 is 2.68 bits per heavy atom. The van der Waals surface area contributed by atoms with Crippen molar-refractivity contribution in [2.24, 2.45) is 0 Å². The number of thiazole rings is 1. The first-order valence-corrected chi connectivity index (χ1v) is 7.39. The van der Waals surface area contributed by atoms with Gasteiger partial charge < -0.3 is 9.64 Å². The summed E-state index contributed by atoms with van der Waals surface area (Å²) >= 11 is 1.14. The average molecular weight is 282 g/mol. The summed E-state index contributed by atoms with van der Waals surface area (Å²) in [6, 6.07) is 0. The number of hydrogen-bond donors (Lipinski definition) is 0. The summed E-state index contributed by atoms with van der Waals surface area (Å²) in [4.78, 5) is 30.4. The molecule has 1 saturated heterocycles. The van der Waals surface area contributed by atoms with Crippen molar-refractivity contribution in [2.75, 3.05) is 19.7 Å². The molecule has 1 amide bonds. The van der Waals surface area contributed by atoms with Gasteiger partial charge in [-0.3, -0.25) is 4.79 Å². The first-order chi connectivity index (χ1) is 9.13. The number of nitrogens with zero attached hydrogens (tertiary/aromatic N) is 2. The van der Waals surface area contributed by atoms with Gasteiger partial charge in [0.05, 0.1) is 12.3 Å². The second kappa shape index (κ2) is 6.14. The predicted molar refractivity (Wildman–Crippen MR) is 72.6 cm³/mol. The van der Waals surface area contributed by atoms with Crippen LogP contribution in [0.1, 0.15) is 51.4 Å². The van der Waals surface area contributed by atoms with E-state index in [1.807, 2.05) is 6.92 Å². The fraction of sp³-hybridized carbons (Fsp3) is 0.615. The molecule has 0 N–H and O–H groups in total. The molecule has 0 bridgehead atoms. The van der Waals surface area contributed by atoms with Gasteiger partial charge in [-0.25, -0.2) is 9.78 Å². The summed E-state index contributed by atoms with van der Waals surface area (Å²) in [6.45, 7) is 5.64. The number of esters is 1. The highest BCUT2D eigenvalue weighted by atomic mass is 32.1. The van der Waals surface area contributed by atoms with Gasteiger partial charge >= 0.3 is 5.97 Å². The van der Waals surface area contributed by atoms with Gasteiger partial charge in [0, 0.05) is 13.1 Å². The lowest BCUT2D eigenvalue weighted by Crippen LogP contribution is -2.27. The Morgan fingerprint density at radius 1 is 1.37 bits per heavy atom. The molecule has 2 heterocycles. The first-order valence-electron chi connectivity index (χ1n) is 6.57. The third-order valence-electron chi connectivity index (χ3n) is 3.00. The van der Waals surface area contributed by atoms with Crippen LogP contribution in [0.3, 0.4) is 0 Å².